The molecular formula is C19H19Br3N2O4. The molecule has 6 nitrogen and oxygen atoms in total. The Labute approximate surface area is 188 Å². The van der Waals surface area contributed by atoms with Crippen molar-refractivity contribution in [2.24, 2.45) is 0 Å². The van der Waals surface area contributed by atoms with Gasteiger partial charge in [-0.3, -0.25) is 20.4 Å². The third kappa shape index (κ3) is 6.49. The van der Waals surface area contributed by atoms with E-state index < -0.39 is 11.8 Å². The molecular weight excluding hydrogens is 560 g/mol. The molecule has 2 aromatic rings. The van der Waals surface area contributed by atoms with E-state index in [9.17, 15) is 9.59 Å². The summed E-state index contributed by atoms with van der Waals surface area (Å²) in [6.07, 6.45) is 0.888. The number of carbonyl (C=O) groups excluding carboxylic acids is 2. The van der Waals surface area contributed by atoms with Gasteiger partial charge in [0.15, 0.2) is 6.61 Å². The van der Waals surface area contributed by atoms with Crippen LogP contribution in [0.4, 0.5) is 0 Å². The van der Waals surface area contributed by atoms with E-state index in [1.165, 1.54) is 0 Å². The summed E-state index contributed by atoms with van der Waals surface area (Å²) in [6, 6.07) is 8.66. The van der Waals surface area contributed by atoms with Gasteiger partial charge in [-0.1, -0.05) is 22.9 Å². The van der Waals surface area contributed by atoms with Crippen molar-refractivity contribution in [3.63, 3.8) is 0 Å². The number of hydrogen-bond acceptors (Lipinski definition) is 4. The lowest BCUT2D eigenvalue weighted by Gasteiger charge is -2.13. The van der Waals surface area contributed by atoms with Gasteiger partial charge in [-0.2, -0.15) is 0 Å². The molecule has 150 valence electrons. The summed E-state index contributed by atoms with van der Waals surface area (Å²) >= 11 is 10.2. The molecule has 2 rings (SSSR count). The van der Waals surface area contributed by atoms with Crippen molar-refractivity contribution >= 4 is 59.6 Å². The Morgan fingerprint density at radius 2 is 1.75 bits per heavy atom. The number of amides is 2. The number of hydrogen-bond donors (Lipinski definition) is 2. The van der Waals surface area contributed by atoms with Gasteiger partial charge in [-0.05, 0) is 81.1 Å². The molecule has 28 heavy (non-hydrogen) atoms. The van der Waals surface area contributed by atoms with Crippen molar-refractivity contribution in [2.45, 2.75) is 20.3 Å². The maximum atomic E-state index is 12.2. The van der Waals surface area contributed by atoms with Crippen molar-refractivity contribution in [3.8, 4) is 11.5 Å². The first-order valence-corrected chi connectivity index (χ1v) is 10.8. The van der Waals surface area contributed by atoms with E-state index >= 15 is 0 Å². The Kier molecular flexibility index (Phi) is 8.78. The van der Waals surface area contributed by atoms with Gasteiger partial charge in [-0.25, -0.2) is 0 Å². The first kappa shape index (κ1) is 22.7. The molecule has 0 fully saturated rings. The lowest BCUT2D eigenvalue weighted by Crippen LogP contribution is -2.43. The summed E-state index contributed by atoms with van der Waals surface area (Å²) in [4.78, 5) is 24.2. The van der Waals surface area contributed by atoms with Crippen molar-refractivity contribution in [1.82, 2.24) is 10.9 Å². The second-order valence-electron chi connectivity index (χ2n) is 5.82. The minimum absolute atomic E-state index is 0.241. The number of halogens is 3. The molecule has 2 aromatic carbocycles. The van der Waals surface area contributed by atoms with Gasteiger partial charge in [0.1, 0.15) is 11.5 Å². The van der Waals surface area contributed by atoms with Crippen LogP contribution in [-0.2, 0) is 4.79 Å². The van der Waals surface area contributed by atoms with E-state index in [-0.39, 0.29) is 6.61 Å². The fraction of sp³-hybridized carbons (Fsp3) is 0.263. The van der Waals surface area contributed by atoms with Crippen LogP contribution in [0, 0.1) is 6.92 Å². The van der Waals surface area contributed by atoms with E-state index in [0.717, 1.165) is 20.9 Å². The molecule has 0 heterocycles. The van der Waals surface area contributed by atoms with Crippen LogP contribution < -0.4 is 20.3 Å². The van der Waals surface area contributed by atoms with Crippen molar-refractivity contribution < 1.29 is 19.1 Å². The van der Waals surface area contributed by atoms with Crippen molar-refractivity contribution in [3.05, 3.63) is 54.9 Å². The lowest BCUT2D eigenvalue weighted by atomic mass is 10.2. The molecule has 9 heteroatoms. The summed E-state index contributed by atoms with van der Waals surface area (Å²) < 4.78 is 13.4. The number of benzene rings is 2. The standard InChI is InChI=1S/C19H19Br3N2O4/c1-3-6-27-16-5-4-12(8-14(16)21)19(26)24-23-17(25)10-28-18-11(2)7-13(20)9-15(18)22/h4-5,7-9H,3,6,10H2,1-2H3,(H,23,25)(H,24,26). The van der Waals surface area contributed by atoms with Gasteiger partial charge >= 0.3 is 0 Å². The molecule has 0 bridgehead atoms. The molecule has 0 aromatic heterocycles. The van der Waals surface area contributed by atoms with E-state index in [2.05, 4.69) is 58.6 Å². The summed E-state index contributed by atoms with van der Waals surface area (Å²) in [5, 5.41) is 0. The average molecular weight is 579 g/mol. The third-order valence-corrected chi connectivity index (χ3v) is 5.18. The van der Waals surface area contributed by atoms with Gasteiger partial charge in [0.2, 0.25) is 0 Å². The highest BCUT2D eigenvalue weighted by molar-refractivity contribution is 9.11. The zero-order chi connectivity index (χ0) is 20.7. The predicted octanol–water partition coefficient (Wildman–Crippen LogP) is 4.91. The Morgan fingerprint density at radius 1 is 1.00 bits per heavy atom. The van der Waals surface area contributed by atoms with E-state index in [0.29, 0.717) is 28.1 Å². The molecule has 2 N–H and O–H groups in total. The van der Waals surface area contributed by atoms with Gasteiger partial charge in [-0.15, -0.1) is 0 Å². The summed E-state index contributed by atoms with van der Waals surface area (Å²) in [7, 11) is 0. The second kappa shape index (κ2) is 10.8. The van der Waals surface area contributed by atoms with Crippen LogP contribution in [0.5, 0.6) is 11.5 Å². The molecule has 0 aliphatic heterocycles. The zero-order valence-electron chi connectivity index (χ0n) is 15.3. The smallest absolute Gasteiger partial charge is 0.276 e. The molecule has 0 aliphatic carbocycles. The lowest BCUT2D eigenvalue weighted by molar-refractivity contribution is -0.123. The minimum Gasteiger partial charge on any atom is -0.492 e. The monoisotopic (exact) mass is 576 g/mol. The average Bonchev–Trinajstić information content (AvgIpc) is 2.64. The van der Waals surface area contributed by atoms with Crippen LogP contribution in [0.3, 0.4) is 0 Å². The highest BCUT2D eigenvalue weighted by Gasteiger charge is 2.12. The molecule has 2 amide bonds. The predicted molar refractivity (Wildman–Crippen MR) is 118 cm³/mol. The Morgan fingerprint density at radius 3 is 2.39 bits per heavy atom. The molecule has 0 spiro atoms. The largest absolute Gasteiger partial charge is 0.492 e. The van der Waals surface area contributed by atoms with Crippen LogP contribution in [0.15, 0.2) is 43.7 Å². The van der Waals surface area contributed by atoms with Gasteiger partial charge in [0.05, 0.1) is 15.6 Å². The van der Waals surface area contributed by atoms with Crippen LogP contribution >= 0.6 is 47.8 Å². The molecule has 0 aliphatic rings. The second-order valence-corrected chi connectivity index (χ2v) is 8.44. The number of hydrazine groups is 1. The summed E-state index contributed by atoms with van der Waals surface area (Å²) in [6.45, 7) is 4.23. The zero-order valence-corrected chi connectivity index (χ0v) is 20.0. The van der Waals surface area contributed by atoms with Crippen molar-refractivity contribution in [2.75, 3.05) is 13.2 Å². The molecule has 0 saturated carbocycles. The van der Waals surface area contributed by atoms with Crippen LogP contribution in [0.1, 0.15) is 29.3 Å². The van der Waals surface area contributed by atoms with Gasteiger partial charge < -0.3 is 9.47 Å². The number of rotatable bonds is 7. The Bertz CT molecular complexity index is 851. The minimum atomic E-state index is -0.482. The van der Waals surface area contributed by atoms with Crippen molar-refractivity contribution in [1.29, 1.82) is 0 Å². The third-order valence-electron chi connectivity index (χ3n) is 3.51. The normalized spacial score (nSPS) is 10.3. The fourth-order valence-electron chi connectivity index (χ4n) is 2.22. The highest BCUT2D eigenvalue weighted by Crippen LogP contribution is 2.32. The van der Waals surface area contributed by atoms with Gasteiger partial charge in [0.25, 0.3) is 11.8 Å². The number of carbonyl (C=O) groups is 2. The van der Waals surface area contributed by atoms with Crippen LogP contribution in [-0.4, -0.2) is 25.0 Å². The topological polar surface area (TPSA) is 76.7 Å². The first-order chi connectivity index (χ1) is 13.3. The van der Waals surface area contributed by atoms with E-state index in [1.54, 1.807) is 18.2 Å². The van der Waals surface area contributed by atoms with Crippen LogP contribution in [0.25, 0.3) is 0 Å². The summed E-state index contributed by atoms with van der Waals surface area (Å²) in [5.74, 6) is 0.296. The maximum absolute atomic E-state index is 12.2. The quantitative estimate of drug-likeness (QED) is 0.458. The Balaban J connectivity index is 1.87. The fourth-order valence-corrected chi connectivity index (χ4v) is 4.26. The van der Waals surface area contributed by atoms with Gasteiger partial charge in [0, 0.05) is 10.0 Å². The number of nitrogens with one attached hydrogen (secondary N) is 2. The molecule has 0 saturated heterocycles. The SMILES string of the molecule is CCCOc1ccc(C(=O)NNC(=O)COc2c(C)cc(Br)cc2Br)cc1Br. The summed E-state index contributed by atoms with van der Waals surface area (Å²) in [5.41, 5.74) is 5.95. The van der Waals surface area contributed by atoms with Crippen LogP contribution in [0.2, 0.25) is 0 Å². The number of ether oxygens (including phenoxy) is 2. The first-order valence-electron chi connectivity index (χ1n) is 8.41. The molecule has 0 unspecified atom stereocenters. The molecule has 0 atom stereocenters. The maximum Gasteiger partial charge on any atom is 0.276 e. The van der Waals surface area contributed by atoms with E-state index in [4.69, 9.17) is 9.47 Å². The molecule has 0 radical (unpaired) electrons. The number of aryl methyl sites for hydroxylation is 1. The Hall–Kier alpha value is -1.58. The highest BCUT2D eigenvalue weighted by atomic mass is 79.9. The van der Waals surface area contributed by atoms with E-state index in [1.807, 2.05) is 26.0 Å².